The molecule has 2 amide bonds. The van der Waals surface area contributed by atoms with Crippen LogP contribution in [0.2, 0.25) is 0 Å². The first-order valence-corrected chi connectivity index (χ1v) is 8.80. The van der Waals surface area contributed by atoms with Crippen LogP contribution >= 0.6 is 0 Å². The van der Waals surface area contributed by atoms with E-state index < -0.39 is 6.10 Å². The zero-order chi connectivity index (χ0) is 17.9. The average Bonchev–Trinajstić information content (AvgIpc) is 2.69. The van der Waals surface area contributed by atoms with Crippen LogP contribution < -0.4 is 19.7 Å². The summed E-state index contributed by atoms with van der Waals surface area (Å²) >= 11 is 0. The van der Waals surface area contributed by atoms with Crippen LogP contribution in [0.15, 0.2) is 48.5 Å². The largest absolute Gasteiger partial charge is 0.485 e. The molecule has 6 heteroatoms. The lowest BCUT2D eigenvalue weighted by atomic mass is 10.1. The smallest absolute Gasteiger partial charge is 0.269 e. The second-order valence-electron chi connectivity index (χ2n) is 6.40. The topological polar surface area (TPSA) is 67.9 Å². The summed E-state index contributed by atoms with van der Waals surface area (Å²) in [6, 6.07) is 14.6. The molecule has 0 saturated carbocycles. The Kier molecular flexibility index (Phi) is 4.48. The molecule has 26 heavy (non-hydrogen) atoms. The number of fused-ring (bicyclic) bond motifs is 1. The third kappa shape index (κ3) is 3.35. The molecule has 0 radical (unpaired) electrons. The van der Waals surface area contributed by atoms with Crippen molar-refractivity contribution in [3.8, 4) is 11.5 Å². The third-order valence-electron chi connectivity index (χ3n) is 4.57. The fourth-order valence-electron chi connectivity index (χ4n) is 3.18. The Bertz CT molecular complexity index is 819. The number of rotatable bonds is 3. The van der Waals surface area contributed by atoms with E-state index in [-0.39, 0.29) is 18.4 Å². The highest BCUT2D eigenvalue weighted by Gasteiger charge is 2.27. The number of carbonyl (C=O) groups excluding carboxylic acids is 2. The number of benzene rings is 2. The molecular formula is C20H20N2O4. The second kappa shape index (κ2) is 7.07. The highest BCUT2D eigenvalue weighted by molar-refractivity contribution is 5.96. The lowest BCUT2D eigenvalue weighted by Crippen LogP contribution is -2.40. The average molecular weight is 352 g/mol. The molecule has 2 aliphatic rings. The number of carbonyl (C=O) groups is 2. The number of nitrogens with zero attached hydrogens (tertiary/aromatic N) is 1. The second-order valence-corrected chi connectivity index (χ2v) is 6.40. The van der Waals surface area contributed by atoms with Gasteiger partial charge in [0, 0.05) is 24.3 Å². The van der Waals surface area contributed by atoms with Crippen LogP contribution in [0.3, 0.4) is 0 Å². The minimum atomic E-state index is -0.701. The van der Waals surface area contributed by atoms with Gasteiger partial charge in [0.15, 0.2) is 11.5 Å². The van der Waals surface area contributed by atoms with Gasteiger partial charge < -0.3 is 19.7 Å². The van der Waals surface area contributed by atoms with Crippen molar-refractivity contribution >= 4 is 23.2 Å². The molecule has 4 rings (SSSR count). The van der Waals surface area contributed by atoms with Gasteiger partial charge in [0.05, 0.1) is 0 Å². The summed E-state index contributed by atoms with van der Waals surface area (Å²) in [5.74, 6) is 1.10. The monoisotopic (exact) mass is 352 g/mol. The van der Waals surface area contributed by atoms with E-state index in [2.05, 4.69) is 5.32 Å². The van der Waals surface area contributed by atoms with Crippen molar-refractivity contribution in [3.63, 3.8) is 0 Å². The molecule has 2 heterocycles. The van der Waals surface area contributed by atoms with Gasteiger partial charge in [-0.1, -0.05) is 12.1 Å². The molecule has 0 aromatic heterocycles. The quantitative estimate of drug-likeness (QED) is 0.922. The number of piperidine rings is 1. The van der Waals surface area contributed by atoms with Crippen LogP contribution in [-0.2, 0) is 9.59 Å². The van der Waals surface area contributed by atoms with Crippen molar-refractivity contribution in [2.75, 3.05) is 23.4 Å². The van der Waals surface area contributed by atoms with Crippen LogP contribution in [0.4, 0.5) is 11.4 Å². The number of nitrogens with one attached hydrogen (secondary N) is 1. The maximum absolute atomic E-state index is 12.4. The minimum Gasteiger partial charge on any atom is -0.485 e. The molecule has 1 saturated heterocycles. The van der Waals surface area contributed by atoms with Gasteiger partial charge in [-0.25, -0.2) is 0 Å². The summed E-state index contributed by atoms with van der Waals surface area (Å²) in [7, 11) is 0. The van der Waals surface area contributed by atoms with E-state index in [9.17, 15) is 9.59 Å². The molecule has 0 bridgehead atoms. The molecule has 1 unspecified atom stereocenters. The van der Waals surface area contributed by atoms with Gasteiger partial charge in [0.2, 0.25) is 12.0 Å². The van der Waals surface area contributed by atoms with Crippen LogP contribution in [-0.4, -0.2) is 31.1 Å². The minimum absolute atomic E-state index is 0.152. The zero-order valence-corrected chi connectivity index (χ0v) is 14.3. The van der Waals surface area contributed by atoms with Crippen LogP contribution in [0.1, 0.15) is 19.3 Å². The number of hydrogen-bond donors (Lipinski definition) is 1. The van der Waals surface area contributed by atoms with Crippen molar-refractivity contribution in [1.29, 1.82) is 0 Å². The Morgan fingerprint density at radius 3 is 2.58 bits per heavy atom. The number of para-hydroxylation sites is 2. The zero-order valence-electron chi connectivity index (χ0n) is 14.3. The van der Waals surface area contributed by atoms with Crippen molar-refractivity contribution in [3.05, 3.63) is 48.5 Å². The van der Waals surface area contributed by atoms with E-state index in [0.29, 0.717) is 23.6 Å². The summed E-state index contributed by atoms with van der Waals surface area (Å²) in [5, 5.41) is 2.84. The Morgan fingerprint density at radius 1 is 1.04 bits per heavy atom. The van der Waals surface area contributed by atoms with Crippen molar-refractivity contribution in [1.82, 2.24) is 0 Å². The first-order valence-electron chi connectivity index (χ1n) is 8.80. The van der Waals surface area contributed by atoms with E-state index in [1.807, 2.05) is 30.3 Å². The van der Waals surface area contributed by atoms with E-state index in [1.54, 1.807) is 23.1 Å². The van der Waals surface area contributed by atoms with E-state index in [4.69, 9.17) is 9.47 Å². The predicted octanol–water partition coefficient (Wildman–Crippen LogP) is 2.98. The fraction of sp³-hybridized carbons (Fsp3) is 0.300. The Hall–Kier alpha value is -3.02. The van der Waals surface area contributed by atoms with E-state index in [0.717, 1.165) is 25.1 Å². The summed E-state index contributed by atoms with van der Waals surface area (Å²) in [6.07, 6.45) is 1.87. The Labute approximate surface area is 151 Å². The first kappa shape index (κ1) is 16.4. The summed E-state index contributed by atoms with van der Waals surface area (Å²) in [6.45, 7) is 0.917. The molecule has 2 aromatic rings. The third-order valence-corrected chi connectivity index (χ3v) is 4.57. The normalized spacial score (nSPS) is 19.2. The standard InChI is InChI=1S/C20H20N2O4/c23-19-7-3-4-12-22(19)15-10-8-14(9-11-15)21-20(24)18-13-25-16-5-1-2-6-17(16)26-18/h1-2,5-6,8-11,18H,3-4,7,12-13H2,(H,21,24). The van der Waals surface area contributed by atoms with E-state index in [1.165, 1.54) is 0 Å². The molecule has 1 atom stereocenters. The van der Waals surface area contributed by atoms with Crippen LogP contribution in [0.25, 0.3) is 0 Å². The van der Waals surface area contributed by atoms with Crippen molar-refractivity contribution < 1.29 is 19.1 Å². The van der Waals surface area contributed by atoms with Crippen LogP contribution in [0.5, 0.6) is 11.5 Å². The highest BCUT2D eigenvalue weighted by atomic mass is 16.6. The molecule has 1 N–H and O–H groups in total. The van der Waals surface area contributed by atoms with Gasteiger partial charge in [-0.3, -0.25) is 9.59 Å². The number of amides is 2. The van der Waals surface area contributed by atoms with Crippen molar-refractivity contribution in [2.45, 2.75) is 25.4 Å². The number of anilines is 2. The number of ether oxygens (including phenoxy) is 2. The maximum Gasteiger partial charge on any atom is 0.269 e. The molecule has 6 nitrogen and oxygen atoms in total. The van der Waals surface area contributed by atoms with Gasteiger partial charge in [-0.2, -0.15) is 0 Å². The lowest BCUT2D eigenvalue weighted by molar-refractivity contribution is -0.125. The van der Waals surface area contributed by atoms with Gasteiger partial charge in [0.1, 0.15) is 6.61 Å². The molecule has 0 spiro atoms. The molecule has 2 aliphatic heterocycles. The van der Waals surface area contributed by atoms with Gasteiger partial charge in [-0.15, -0.1) is 0 Å². The maximum atomic E-state index is 12.4. The summed E-state index contributed by atoms with van der Waals surface area (Å²) in [5.41, 5.74) is 1.52. The van der Waals surface area contributed by atoms with E-state index >= 15 is 0 Å². The SMILES string of the molecule is O=C(Nc1ccc(N2CCCCC2=O)cc1)C1COc2ccccc2O1. The first-order chi connectivity index (χ1) is 12.7. The predicted molar refractivity (Wildman–Crippen MR) is 97.6 cm³/mol. The fourth-order valence-corrected chi connectivity index (χ4v) is 3.18. The Balaban J connectivity index is 1.40. The van der Waals surface area contributed by atoms with Crippen molar-refractivity contribution in [2.24, 2.45) is 0 Å². The summed E-state index contributed by atoms with van der Waals surface area (Å²) < 4.78 is 11.3. The van der Waals surface area contributed by atoms with Crippen LogP contribution in [0, 0.1) is 0 Å². The molecule has 2 aromatic carbocycles. The Morgan fingerprint density at radius 2 is 1.81 bits per heavy atom. The molecular weight excluding hydrogens is 332 g/mol. The number of hydrogen-bond acceptors (Lipinski definition) is 4. The molecule has 134 valence electrons. The molecule has 0 aliphatic carbocycles. The van der Waals surface area contributed by atoms with Gasteiger partial charge in [0.25, 0.3) is 5.91 Å². The van der Waals surface area contributed by atoms with Gasteiger partial charge >= 0.3 is 0 Å². The highest BCUT2D eigenvalue weighted by Crippen LogP contribution is 2.31. The van der Waals surface area contributed by atoms with Gasteiger partial charge in [-0.05, 0) is 49.2 Å². The summed E-state index contributed by atoms with van der Waals surface area (Å²) in [4.78, 5) is 26.2. The molecule has 1 fully saturated rings. The lowest BCUT2D eigenvalue weighted by Gasteiger charge is -2.27.